The van der Waals surface area contributed by atoms with E-state index >= 15 is 0 Å². The fourth-order valence-corrected chi connectivity index (χ4v) is 3.62. The number of fused-ring (bicyclic) bond motifs is 2. The van der Waals surface area contributed by atoms with Crippen LogP contribution in [0, 0.1) is 0 Å². The second kappa shape index (κ2) is 12.9. The Hall–Kier alpha value is -4.76. The molecule has 2 aromatic carbocycles. The van der Waals surface area contributed by atoms with Gasteiger partial charge < -0.3 is 48.9 Å². The Labute approximate surface area is 223 Å². The van der Waals surface area contributed by atoms with Crippen LogP contribution >= 0.6 is 0 Å². The second-order valence-electron chi connectivity index (χ2n) is 8.29. The lowest BCUT2D eigenvalue weighted by Gasteiger charge is -2.16. The molecule has 6 N–H and O–H groups in total. The van der Waals surface area contributed by atoms with Gasteiger partial charge >= 0.3 is 11.9 Å². The lowest BCUT2D eigenvalue weighted by Crippen LogP contribution is -2.29. The first-order chi connectivity index (χ1) is 18.6. The monoisotopic (exact) mass is 560 g/mol. The van der Waals surface area contributed by atoms with Gasteiger partial charge in [0.15, 0.2) is 10.9 Å². The third-order valence-electron chi connectivity index (χ3n) is 5.34. The maximum atomic E-state index is 12.3. The van der Waals surface area contributed by atoms with Gasteiger partial charge in [0.2, 0.25) is 11.5 Å². The van der Waals surface area contributed by atoms with Crippen LogP contribution in [0.1, 0.15) is 21.1 Å². The van der Waals surface area contributed by atoms with Crippen LogP contribution < -0.4 is 20.3 Å². The number of rotatable bonds is 12. The van der Waals surface area contributed by atoms with E-state index in [4.69, 9.17) is 33.3 Å². The number of aliphatic hydroxyl groups excluding tert-OH is 2. The van der Waals surface area contributed by atoms with Gasteiger partial charge in [0.1, 0.15) is 58.9 Å². The van der Waals surface area contributed by atoms with Crippen LogP contribution in [0.4, 0.5) is 0 Å². The van der Waals surface area contributed by atoms with Crippen molar-refractivity contribution >= 4 is 33.9 Å². The maximum Gasteiger partial charge on any atom is 0.371 e. The molecule has 0 amide bonds. The summed E-state index contributed by atoms with van der Waals surface area (Å²) in [6, 6.07) is 10.4. The fourth-order valence-electron chi connectivity index (χ4n) is 3.62. The van der Waals surface area contributed by atoms with Crippen LogP contribution in [0.15, 0.2) is 67.0 Å². The van der Waals surface area contributed by atoms with E-state index in [9.17, 15) is 29.4 Å². The number of hydrogen-bond acceptors (Lipinski definition) is 11. The van der Waals surface area contributed by atoms with Crippen molar-refractivity contribution in [1.29, 1.82) is 0 Å². The number of hydrogen-bond donors (Lipinski definition) is 4. The number of carbonyl (C=O) groups is 2. The molecule has 212 valence electrons. The molecule has 0 spiro atoms. The quantitative estimate of drug-likeness (QED) is 0.187. The largest absolute Gasteiger partial charge is 0.490 e. The molecule has 0 aliphatic heterocycles. The van der Waals surface area contributed by atoms with Crippen molar-refractivity contribution in [3.63, 3.8) is 0 Å². The fraction of sp³-hybridized carbons (Fsp3) is 0.231. The SMILES string of the molecule is O.O=C(O)c1cc(=O)c2c(OCC(O)COCC(O)COc3cccc4oc(C(=O)O)cc(=O)c34)cccc2o1. The summed E-state index contributed by atoms with van der Waals surface area (Å²) in [5.41, 5.74) is -1.22. The summed E-state index contributed by atoms with van der Waals surface area (Å²) in [5.74, 6) is -3.65. The molecule has 2 heterocycles. The van der Waals surface area contributed by atoms with Crippen molar-refractivity contribution in [3.05, 3.63) is 80.5 Å². The van der Waals surface area contributed by atoms with Gasteiger partial charge in [-0.15, -0.1) is 0 Å². The molecular formula is C26H24O14. The average molecular weight is 560 g/mol. The molecule has 40 heavy (non-hydrogen) atoms. The minimum absolute atomic E-state index is 0. The zero-order valence-electron chi connectivity index (χ0n) is 20.6. The first-order valence-electron chi connectivity index (χ1n) is 11.4. The van der Waals surface area contributed by atoms with Crippen LogP contribution in [-0.4, -0.2) is 76.5 Å². The van der Waals surface area contributed by atoms with E-state index in [-0.39, 0.29) is 65.3 Å². The molecule has 14 nitrogen and oxygen atoms in total. The van der Waals surface area contributed by atoms with E-state index in [2.05, 4.69) is 0 Å². The molecule has 4 rings (SSSR count). The van der Waals surface area contributed by atoms with Gasteiger partial charge in [0.25, 0.3) is 0 Å². The number of aromatic carboxylic acids is 2. The highest BCUT2D eigenvalue weighted by molar-refractivity contribution is 5.90. The predicted molar refractivity (Wildman–Crippen MR) is 136 cm³/mol. The summed E-state index contributed by atoms with van der Waals surface area (Å²) in [7, 11) is 0. The Morgan fingerprint density at radius 1 is 0.700 bits per heavy atom. The zero-order valence-corrected chi connectivity index (χ0v) is 20.6. The van der Waals surface area contributed by atoms with E-state index in [0.717, 1.165) is 12.1 Å². The minimum Gasteiger partial charge on any atom is -0.490 e. The number of ether oxygens (including phenoxy) is 3. The average Bonchev–Trinajstić information content (AvgIpc) is 2.90. The summed E-state index contributed by atoms with van der Waals surface area (Å²) >= 11 is 0. The zero-order chi connectivity index (χ0) is 28.1. The lowest BCUT2D eigenvalue weighted by molar-refractivity contribution is -0.0306. The predicted octanol–water partition coefficient (Wildman–Crippen LogP) is 0.667. The highest BCUT2D eigenvalue weighted by atomic mass is 16.5. The number of benzene rings is 2. The van der Waals surface area contributed by atoms with Gasteiger partial charge in [-0.3, -0.25) is 9.59 Å². The molecule has 0 radical (unpaired) electrons. The molecule has 0 aliphatic rings. The third kappa shape index (κ3) is 6.81. The Balaban J connectivity index is 0.00000441. The Kier molecular flexibility index (Phi) is 9.58. The topological polar surface area (TPSA) is 235 Å². The van der Waals surface area contributed by atoms with Gasteiger partial charge in [0, 0.05) is 12.1 Å². The standard InChI is InChI=1S/C26H22O13.H2O/c27-13(11-36-17-3-1-5-19-23(17)15(29)7-21(38-19)25(31)32)9-35-10-14(28)12-37-18-4-2-6-20-24(18)16(30)8-22(39-20)26(33)34;/h1-8,13-14,27-28H,9-12H2,(H,31,32)(H,33,34);1H2. The van der Waals surface area contributed by atoms with Crippen LogP contribution in [0.3, 0.4) is 0 Å². The van der Waals surface area contributed by atoms with Crippen molar-refractivity contribution in [2.45, 2.75) is 12.2 Å². The number of aliphatic hydroxyl groups is 2. The second-order valence-corrected chi connectivity index (χ2v) is 8.29. The molecule has 2 atom stereocenters. The van der Waals surface area contributed by atoms with Gasteiger partial charge in [0.05, 0.1) is 13.2 Å². The minimum atomic E-state index is -1.39. The maximum absolute atomic E-state index is 12.3. The van der Waals surface area contributed by atoms with Crippen LogP contribution in [-0.2, 0) is 4.74 Å². The number of carboxylic acid groups (broad SMARTS) is 2. The molecule has 0 fully saturated rings. The van der Waals surface area contributed by atoms with E-state index in [1.165, 1.54) is 36.4 Å². The van der Waals surface area contributed by atoms with Crippen molar-refractivity contribution in [1.82, 2.24) is 0 Å². The lowest BCUT2D eigenvalue weighted by atomic mass is 10.2. The third-order valence-corrected chi connectivity index (χ3v) is 5.34. The summed E-state index contributed by atoms with van der Waals surface area (Å²) in [6.07, 6.45) is -2.30. The van der Waals surface area contributed by atoms with Crippen LogP contribution in [0.5, 0.6) is 11.5 Å². The molecule has 0 saturated heterocycles. The van der Waals surface area contributed by atoms with E-state index in [1.807, 2.05) is 0 Å². The first-order valence-corrected chi connectivity index (χ1v) is 11.4. The molecule has 2 aromatic heterocycles. The molecule has 14 heteroatoms. The molecule has 0 aliphatic carbocycles. The summed E-state index contributed by atoms with van der Waals surface area (Å²) in [4.78, 5) is 46.8. The van der Waals surface area contributed by atoms with Crippen molar-refractivity contribution in [2.24, 2.45) is 0 Å². The van der Waals surface area contributed by atoms with E-state index in [1.54, 1.807) is 0 Å². The normalized spacial score (nSPS) is 12.4. The smallest absolute Gasteiger partial charge is 0.371 e. The Morgan fingerprint density at radius 3 is 1.48 bits per heavy atom. The van der Waals surface area contributed by atoms with E-state index in [0.29, 0.717) is 0 Å². The first kappa shape index (κ1) is 29.8. The van der Waals surface area contributed by atoms with E-state index < -0.39 is 46.5 Å². The Morgan fingerprint density at radius 2 is 1.10 bits per heavy atom. The summed E-state index contributed by atoms with van der Waals surface area (Å²) in [5, 5.41) is 38.4. The van der Waals surface area contributed by atoms with Crippen LogP contribution in [0.2, 0.25) is 0 Å². The van der Waals surface area contributed by atoms with Gasteiger partial charge in [-0.05, 0) is 24.3 Å². The molecule has 4 aromatic rings. The molecule has 0 bridgehead atoms. The number of carboxylic acids is 2. The highest BCUT2D eigenvalue weighted by Gasteiger charge is 2.17. The van der Waals surface area contributed by atoms with Gasteiger partial charge in [-0.25, -0.2) is 9.59 Å². The Bertz CT molecular complexity index is 1520. The van der Waals surface area contributed by atoms with Gasteiger partial charge in [-0.2, -0.15) is 0 Å². The van der Waals surface area contributed by atoms with Gasteiger partial charge in [-0.1, -0.05) is 12.1 Å². The highest BCUT2D eigenvalue weighted by Crippen LogP contribution is 2.25. The van der Waals surface area contributed by atoms with Crippen molar-refractivity contribution in [3.8, 4) is 11.5 Å². The van der Waals surface area contributed by atoms with Crippen molar-refractivity contribution < 1.29 is 58.5 Å². The molecular weight excluding hydrogens is 536 g/mol. The molecule has 0 saturated carbocycles. The van der Waals surface area contributed by atoms with Crippen molar-refractivity contribution in [2.75, 3.05) is 26.4 Å². The van der Waals surface area contributed by atoms with Crippen LogP contribution in [0.25, 0.3) is 21.9 Å². The summed E-state index contributed by atoms with van der Waals surface area (Å²) < 4.78 is 26.7. The summed E-state index contributed by atoms with van der Waals surface area (Å²) in [6.45, 7) is -1.04. The molecule has 2 unspecified atom stereocenters.